The predicted octanol–water partition coefficient (Wildman–Crippen LogP) is 4.05. The summed E-state index contributed by atoms with van der Waals surface area (Å²) in [5.74, 6) is 2.62. The fraction of sp³-hybridized carbons (Fsp3) is 0.667. The van der Waals surface area contributed by atoms with Gasteiger partial charge >= 0.3 is 0 Å². The molecule has 1 saturated carbocycles. The maximum absolute atomic E-state index is 12.4. The molecule has 1 saturated heterocycles. The van der Waals surface area contributed by atoms with E-state index in [0.717, 1.165) is 49.7 Å². The molecule has 2 N–H and O–H groups in total. The summed E-state index contributed by atoms with van der Waals surface area (Å²) in [6.07, 6.45) is 11.9. The van der Waals surface area contributed by atoms with Crippen molar-refractivity contribution in [3.05, 3.63) is 29.1 Å². The molecule has 2 atom stereocenters. The highest BCUT2D eigenvalue weighted by Gasteiger charge is 2.28. The monoisotopic (exact) mass is 402 g/mol. The Labute approximate surface area is 170 Å². The Balaban J connectivity index is 1.31. The van der Waals surface area contributed by atoms with E-state index in [2.05, 4.69) is 26.8 Å². The summed E-state index contributed by atoms with van der Waals surface area (Å²) in [5, 5.41) is 13.3. The molecule has 0 aromatic carbocycles. The molecular formula is C21H30N4O2S. The second-order valence-electron chi connectivity index (χ2n) is 8.30. The Morgan fingerprint density at radius 3 is 2.93 bits per heavy atom. The van der Waals surface area contributed by atoms with Gasteiger partial charge in [-0.1, -0.05) is 37.3 Å². The van der Waals surface area contributed by atoms with Crippen molar-refractivity contribution < 1.29 is 9.32 Å². The summed E-state index contributed by atoms with van der Waals surface area (Å²) in [6.45, 7) is 1.90. The van der Waals surface area contributed by atoms with Crippen LogP contribution in [0.5, 0.6) is 0 Å². The molecule has 0 bridgehead atoms. The Morgan fingerprint density at radius 1 is 1.21 bits per heavy atom. The first-order chi connectivity index (χ1) is 13.8. The molecule has 2 aromatic rings. The zero-order valence-corrected chi connectivity index (χ0v) is 17.2. The molecule has 2 aliphatic rings. The fourth-order valence-corrected chi connectivity index (χ4v) is 5.22. The first-order valence-corrected chi connectivity index (χ1v) is 11.5. The minimum absolute atomic E-state index is 0.0602. The van der Waals surface area contributed by atoms with Crippen molar-refractivity contribution in [2.75, 3.05) is 18.4 Å². The van der Waals surface area contributed by atoms with Crippen molar-refractivity contribution in [3.8, 4) is 0 Å². The zero-order valence-electron chi connectivity index (χ0n) is 16.4. The van der Waals surface area contributed by atoms with E-state index in [4.69, 9.17) is 4.52 Å². The van der Waals surface area contributed by atoms with Crippen molar-refractivity contribution in [2.45, 2.75) is 57.8 Å². The number of piperidine rings is 1. The van der Waals surface area contributed by atoms with Crippen molar-refractivity contribution >= 4 is 22.4 Å². The molecule has 0 radical (unpaired) electrons. The van der Waals surface area contributed by atoms with Crippen molar-refractivity contribution in [3.63, 3.8) is 0 Å². The predicted molar refractivity (Wildman–Crippen MR) is 110 cm³/mol. The lowest BCUT2D eigenvalue weighted by atomic mass is 9.81. The van der Waals surface area contributed by atoms with E-state index in [-0.39, 0.29) is 5.91 Å². The van der Waals surface area contributed by atoms with E-state index >= 15 is 0 Å². The summed E-state index contributed by atoms with van der Waals surface area (Å²) in [4.78, 5) is 16.5. The number of hydrogen-bond acceptors (Lipinski definition) is 6. The fourth-order valence-electron chi connectivity index (χ4n) is 4.67. The minimum Gasteiger partial charge on any atom is -0.361 e. The third kappa shape index (κ3) is 5.41. The van der Waals surface area contributed by atoms with Crippen LogP contribution in [0.25, 0.3) is 0 Å². The van der Waals surface area contributed by atoms with E-state index in [9.17, 15) is 4.79 Å². The summed E-state index contributed by atoms with van der Waals surface area (Å²) >= 11 is 1.46. The first-order valence-electron chi connectivity index (χ1n) is 10.6. The third-order valence-electron chi connectivity index (χ3n) is 6.19. The van der Waals surface area contributed by atoms with E-state index in [1.165, 1.54) is 43.4 Å². The maximum atomic E-state index is 12.4. The lowest BCUT2D eigenvalue weighted by Crippen LogP contribution is -2.39. The molecule has 1 aliphatic carbocycles. The molecule has 4 rings (SSSR count). The van der Waals surface area contributed by atoms with Gasteiger partial charge in [0.1, 0.15) is 5.76 Å². The van der Waals surface area contributed by atoms with Crippen LogP contribution in [0.2, 0.25) is 0 Å². The average molecular weight is 403 g/mol. The van der Waals surface area contributed by atoms with E-state index in [0.29, 0.717) is 23.4 Å². The molecule has 1 aliphatic heterocycles. The highest BCUT2D eigenvalue weighted by atomic mass is 32.1. The summed E-state index contributed by atoms with van der Waals surface area (Å²) < 4.78 is 5.64. The van der Waals surface area contributed by atoms with Gasteiger partial charge in [0.15, 0.2) is 5.13 Å². The maximum Gasteiger partial charge on any atom is 0.226 e. The number of anilines is 1. The molecule has 28 heavy (non-hydrogen) atoms. The topological polar surface area (TPSA) is 80.0 Å². The highest BCUT2D eigenvalue weighted by molar-refractivity contribution is 7.13. The van der Waals surface area contributed by atoms with Crippen molar-refractivity contribution in [2.24, 2.45) is 17.8 Å². The van der Waals surface area contributed by atoms with Crippen LogP contribution in [0.4, 0.5) is 5.13 Å². The lowest BCUT2D eigenvalue weighted by Gasteiger charge is -2.31. The van der Waals surface area contributed by atoms with Crippen molar-refractivity contribution in [1.29, 1.82) is 0 Å². The Bertz CT molecular complexity index is 739. The molecule has 2 fully saturated rings. The van der Waals surface area contributed by atoms with E-state index in [1.54, 1.807) is 6.20 Å². The zero-order chi connectivity index (χ0) is 19.2. The summed E-state index contributed by atoms with van der Waals surface area (Å²) in [7, 11) is 0. The molecule has 1 amide bonds. The normalized spacial score (nSPS) is 23.6. The van der Waals surface area contributed by atoms with Gasteiger partial charge in [0, 0.05) is 30.5 Å². The molecule has 7 heteroatoms. The molecular weight excluding hydrogens is 372 g/mol. The number of amides is 1. The van der Waals surface area contributed by atoms with Crippen LogP contribution in [-0.2, 0) is 17.6 Å². The van der Waals surface area contributed by atoms with E-state index in [1.807, 2.05) is 5.38 Å². The standard InChI is InChI=1S/C21H30N4O2S/c26-20(24-21-23-8-9-28-21)12-16-6-7-22-14-17(16)11-18-13-19(27-25-18)10-15-4-2-1-3-5-15/h8-9,13,15-17,22H,1-7,10-12,14H2,(H,23,24,26)/t16-,17+/m1/s1. The number of hydrogen-bond donors (Lipinski definition) is 2. The van der Waals surface area contributed by atoms with Gasteiger partial charge in [0.2, 0.25) is 5.91 Å². The molecule has 152 valence electrons. The Hall–Kier alpha value is -1.73. The van der Waals surface area contributed by atoms with Gasteiger partial charge < -0.3 is 15.2 Å². The number of rotatable bonds is 7. The average Bonchev–Trinajstić information content (AvgIpc) is 3.36. The number of aromatic nitrogens is 2. The van der Waals surface area contributed by atoms with Gasteiger partial charge in [-0.2, -0.15) is 0 Å². The van der Waals surface area contributed by atoms with Gasteiger partial charge in [-0.15, -0.1) is 11.3 Å². The summed E-state index contributed by atoms with van der Waals surface area (Å²) in [6, 6.07) is 2.15. The van der Waals surface area contributed by atoms with E-state index < -0.39 is 0 Å². The minimum atomic E-state index is 0.0602. The highest BCUT2D eigenvalue weighted by Crippen LogP contribution is 2.29. The second kappa shape index (κ2) is 9.65. The van der Waals surface area contributed by atoms with Gasteiger partial charge in [-0.05, 0) is 43.7 Å². The third-order valence-corrected chi connectivity index (χ3v) is 6.87. The summed E-state index contributed by atoms with van der Waals surface area (Å²) in [5.41, 5.74) is 1.03. The van der Waals surface area contributed by atoms with Crippen LogP contribution < -0.4 is 10.6 Å². The van der Waals surface area contributed by atoms with Crippen LogP contribution >= 0.6 is 11.3 Å². The van der Waals surface area contributed by atoms with Crippen LogP contribution in [-0.4, -0.2) is 29.1 Å². The molecule has 2 aromatic heterocycles. The number of carbonyl (C=O) groups excluding carboxylic acids is 1. The first kappa shape index (κ1) is 19.6. The molecule has 6 nitrogen and oxygen atoms in total. The number of nitrogens with one attached hydrogen (secondary N) is 2. The Kier molecular flexibility index (Phi) is 6.75. The number of thiazole rings is 1. The van der Waals surface area contributed by atoms with Gasteiger partial charge in [0.25, 0.3) is 0 Å². The SMILES string of the molecule is O=C(C[C@H]1CCNC[C@@H]1Cc1cc(CC2CCCCC2)on1)Nc1nccs1. The van der Waals surface area contributed by atoms with Gasteiger partial charge in [-0.3, -0.25) is 4.79 Å². The lowest BCUT2D eigenvalue weighted by molar-refractivity contribution is -0.117. The van der Waals surface area contributed by atoms with Crippen LogP contribution in [0.15, 0.2) is 22.2 Å². The van der Waals surface area contributed by atoms with Gasteiger partial charge in [0.05, 0.1) is 5.69 Å². The second-order valence-corrected chi connectivity index (χ2v) is 9.19. The molecule has 0 spiro atoms. The van der Waals surface area contributed by atoms with Crippen LogP contribution in [0, 0.1) is 17.8 Å². The van der Waals surface area contributed by atoms with Crippen LogP contribution in [0.3, 0.4) is 0 Å². The molecule has 0 unspecified atom stereocenters. The quantitative estimate of drug-likeness (QED) is 0.730. The largest absolute Gasteiger partial charge is 0.361 e. The number of nitrogens with zero attached hydrogens (tertiary/aromatic N) is 2. The molecule has 3 heterocycles. The Morgan fingerprint density at radius 2 is 2.11 bits per heavy atom. The van der Waals surface area contributed by atoms with Crippen LogP contribution in [0.1, 0.15) is 56.4 Å². The van der Waals surface area contributed by atoms with Crippen molar-refractivity contribution in [1.82, 2.24) is 15.5 Å². The van der Waals surface area contributed by atoms with Gasteiger partial charge in [-0.25, -0.2) is 4.98 Å². The number of carbonyl (C=O) groups is 1. The smallest absolute Gasteiger partial charge is 0.226 e.